The summed E-state index contributed by atoms with van der Waals surface area (Å²) >= 11 is 11.5. The Labute approximate surface area is 562 Å². The predicted molar refractivity (Wildman–Crippen MR) is 373 cm³/mol. The van der Waals surface area contributed by atoms with Crippen molar-refractivity contribution in [1.82, 2.24) is 0 Å². The van der Waals surface area contributed by atoms with Gasteiger partial charge in [0.2, 0.25) is 5.24 Å². The third-order valence-corrected chi connectivity index (χ3v) is 17.5. The van der Waals surface area contributed by atoms with Gasteiger partial charge in [0.15, 0.2) is 0 Å². The molecule has 3 heterocycles. The minimum Gasteiger partial charge on any atom is -0.507 e. The molecule has 16 heteroatoms. The molecule has 0 radical (unpaired) electrons. The third kappa shape index (κ3) is 20.8. The molecule has 492 valence electrons. The van der Waals surface area contributed by atoms with E-state index in [4.69, 9.17) is 35.3 Å². The van der Waals surface area contributed by atoms with Gasteiger partial charge in [-0.25, -0.2) is 0 Å². The van der Waals surface area contributed by atoms with Gasteiger partial charge in [0, 0.05) is 46.6 Å². The largest absolute Gasteiger partial charge is 0.507 e. The standard InChI is InChI=1S/C25H31BrO3.C25H31NO6.C21H26O2.C4H6BrClO/c1-5-6-7-9-18-15-21(28-23(27)10-8-13-26)24-19-14-17(2)11-12-20(19)25(3,4)29-22(24)16-18;1-5-6-7-9-18-15-21(31-23(27)10-8-13-30-26(28)29)24-19-14-17(2)11-12-20(19)25(3,4)32-22(24)16-18;1-5-6-7-8-15-12-18(22)20-16-11-14(2)9-10-17(16)21(3,4)23-19(20)13-15;5-3-1-2-4(6)7/h11-12,14-16H,5-10,13H2,1-4H3;11-12,14-16H,5-10,13H2,1-4H3;9-13,22H,5-8H2,1-4H3;1-3H2. The first-order chi connectivity index (χ1) is 43.2. The smallest absolute Gasteiger partial charge is 0.311 e. The van der Waals surface area contributed by atoms with Crippen LogP contribution in [0.15, 0.2) is 91.0 Å². The van der Waals surface area contributed by atoms with Crippen molar-refractivity contribution in [2.75, 3.05) is 17.3 Å². The van der Waals surface area contributed by atoms with Crippen LogP contribution in [0.5, 0.6) is 34.5 Å². The quantitative estimate of drug-likeness (QED) is 0.0110. The SMILES string of the molecule is CCCCCc1cc(O)c2c(c1)OC(C)(C)c1ccc(C)cc1-2.CCCCCc1cc(OC(=O)CCCBr)c2c(c1)OC(C)(C)c1ccc(C)cc1-2.CCCCCc1cc(OC(=O)CCCO[N+](=O)[O-])c2c(c1)OC(C)(C)c1ccc(C)cc1-2.O=C(Cl)CCCBr. The summed E-state index contributed by atoms with van der Waals surface area (Å²) in [5.41, 5.74) is 14.5. The van der Waals surface area contributed by atoms with Crippen molar-refractivity contribution >= 4 is 60.6 Å². The normalized spacial score (nSPS) is 13.6. The van der Waals surface area contributed by atoms with E-state index in [-0.39, 0.29) is 36.3 Å². The molecule has 13 nitrogen and oxygen atoms in total. The van der Waals surface area contributed by atoms with E-state index in [0.29, 0.717) is 35.8 Å². The summed E-state index contributed by atoms with van der Waals surface area (Å²) in [7, 11) is 0. The maximum Gasteiger partial charge on any atom is 0.311 e. The average molecular weight is 1400 g/mol. The topological polar surface area (TPSA) is 170 Å². The lowest BCUT2D eigenvalue weighted by Crippen LogP contribution is -2.29. The van der Waals surface area contributed by atoms with Gasteiger partial charge in [-0.1, -0.05) is 162 Å². The molecule has 0 aromatic heterocycles. The van der Waals surface area contributed by atoms with Crippen LogP contribution in [0.3, 0.4) is 0 Å². The highest BCUT2D eigenvalue weighted by Gasteiger charge is 2.38. The molecular formula is C75H94Br2ClNO12. The van der Waals surface area contributed by atoms with E-state index in [9.17, 15) is 29.6 Å². The van der Waals surface area contributed by atoms with Gasteiger partial charge in [0.05, 0.1) is 23.3 Å². The van der Waals surface area contributed by atoms with E-state index in [1.165, 1.54) is 36.8 Å². The Balaban J connectivity index is 0.000000208. The number of aryl methyl sites for hydroxylation is 6. The molecule has 6 aromatic carbocycles. The molecule has 0 amide bonds. The fourth-order valence-corrected chi connectivity index (χ4v) is 12.3. The fraction of sp³-hybridized carbons (Fsp3) is 0.480. The molecule has 0 bridgehead atoms. The summed E-state index contributed by atoms with van der Waals surface area (Å²) < 4.78 is 30.8. The van der Waals surface area contributed by atoms with Crippen LogP contribution in [0.25, 0.3) is 33.4 Å². The molecule has 0 aliphatic carbocycles. The first-order valence-electron chi connectivity index (χ1n) is 32.4. The number of rotatable bonds is 25. The number of ether oxygens (including phenoxy) is 5. The molecule has 1 N–H and O–H groups in total. The van der Waals surface area contributed by atoms with E-state index in [1.54, 1.807) is 0 Å². The van der Waals surface area contributed by atoms with Crippen molar-refractivity contribution in [3.63, 3.8) is 0 Å². The number of hydrogen-bond acceptors (Lipinski definition) is 12. The Bertz CT molecular complexity index is 3480. The monoisotopic (exact) mass is 1390 g/mol. The molecule has 0 saturated heterocycles. The second-order valence-electron chi connectivity index (χ2n) is 25.3. The minimum absolute atomic E-state index is 0.0235. The van der Waals surface area contributed by atoms with Crippen molar-refractivity contribution in [1.29, 1.82) is 0 Å². The first kappa shape index (κ1) is 73.6. The molecule has 9 rings (SSSR count). The molecule has 0 saturated carbocycles. The van der Waals surface area contributed by atoms with E-state index < -0.39 is 22.3 Å². The minimum atomic E-state index is -0.861. The van der Waals surface area contributed by atoms with Gasteiger partial charge >= 0.3 is 11.9 Å². The van der Waals surface area contributed by atoms with Crippen LogP contribution in [0.4, 0.5) is 0 Å². The number of aromatic hydroxyl groups is 1. The summed E-state index contributed by atoms with van der Waals surface area (Å²) in [6.07, 6.45) is 15.8. The lowest BCUT2D eigenvalue weighted by atomic mass is 9.84. The number of esters is 2. The lowest BCUT2D eigenvalue weighted by molar-refractivity contribution is -0.757. The van der Waals surface area contributed by atoms with E-state index in [1.807, 2.05) is 39.0 Å². The number of carbonyl (C=O) groups is 3. The number of alkyl halides is 2. The Kier molecular flexibility index (Phi) is 27.9. The van der Waals surface area contributed by atoms with Gasteiger partial charge in [-0.3, -0.25) is 14.4 Å². The predicted octanol–water partition coefficient (Wildman–Crippen LogP) is 20.7. The van der Waals surface area contributed by atoms with Crippen LogP contribution in [0.2, 0.25) is 0 Å². The molecular weight excluding hydrogens is 1300 g/mol. The van der Waals surface area contributed by atoms with Crippen LogP contribution in [-0.2, 0) is 55.3 Å². The summed E-state index contributed by atoms with van der Waals surface area (Å²) in [5, 5.41) is 21.4. The number of carbonyl (C=O) groups excluding carboxylic acids is 3. The zero-order chi connectivity index (χ0) is 66.6. The average Bonchev–Trinajstić information content (AvgIpc) is 0.772. The molecule has 3 aliphatic heterocycles. The summed E-state index contributed by atoms with van der Waals surface area (Å²) in [5.74, 6) is 3.09. The van der Waals surface area contributed by atoms with Crippen LogP contribution in [0.1, 0.15) is 209 Å². The summed E-state index contributed by atoms with van der Waals surface area (Å²) in [6, 6.07) is 31.1. The zero-order valence-corrected chi connectivity index (χ0v) is 59.5. The molecule has 0 unspecified atom stereocenters. The number of phenols is 1. The Morgan fingerprint density at radius 2 is 0.857 bits per heavy atom. The number of unbranched alkanes of at least 4 members (excludes halogenated alkanes) is 6. The van der Waals surface area contributed by atoms with E-state index in [0.717, 1.165) is 159 Å². The molecule has 6 aromatic rings. The number of benzene rings is 6. The van der Waals surface area contributed by atoms with Gasteiger partial charge in [-0.05, 0) is 201 Å². The summed E-state index contributed by atoms with van der Waals surface area (Å²) in [4.78, 5) is 49.5. The highest BCUT2D eigenvalue weighted by atomic mass is 79.9. The molecule has 91 heavy (non-hydrogen) atoms. The van der Waals surface area contributed by atoms with Crippen LogP contribution < -0.4 is 23.7 Å². The van der Waals surface area contributed by atoms with Crippen LogP contribution in [-0.4, -0.2) is 44.6 Å². The summed E-state index contributed by atoms with van der Waals surface area (Å²) in [6.45, 7) is 25.1. The Morgan fingerprint density at radius 3 is 1.21 bits per heavy atom. The number of halogens is 3. The number of hydrogen-bond donors (Lipinski definition) is 1. The van der Waals surface area contributed by atoms with Gasteiger partial charge in [-0.15, -0.1) is 10.1 Å². The Morgan fingerprint density at radius 1 is 0.505 bits per heavy atom. The van der Waals surface area contributed by atoms with E-state index in [2.05, 4.69) is 172 Å². The van der Waals surface area contributed by atoms with Crippen LogP contribution in [0, 0.1) is 30.9 Å². The first-order valence-corrected chi connectivity index (χ1v) is 35.0. The second kappa shape index (κ2) is 34.5. The Hall–Kier alpha value is -6.42. The number of phenolic OH excluding ortho intramolecular Hbond substituents is 1. The van der Waals surface area contributed by atoms with Gasteiger partial charge in [0.25, 0.3) is 5.09 Å². The second-order valence-corrected chi connectivity index (χ2v) is 27.3. The highest BCUT2D eigenvalue weighted by molar-refractivity contribution is 9.09. The van der Waals surface area contributed by atoms with Gasteiger partial charge in [0.1, 0.15) is 51.3 Å². The maximum absolute atomic E-state index is 12.5. The van der Waals surface area contributed by atoms with E-state index >= 15 is 0 Å². The lowest BCUT2D eigenvalue weighted by Gasteiger charge is -2.36. The van der Waals surface area contributed by atoms with Crippen molar-refractivity contribution in [2.45, 2.75) is 215 Å². The molecule has 3 aliphatic rings. The van der Waals surface area contributed by atoms with Gasteiger partial charge < -0.3 is 33.6 Å². The third-order valence-electron chi connectivity index (χ3n) is 16.2. The molecule has 0 fully saturated rings. The van der Waals surface area contributed by atoms with Gasteiger partial charge in [-0.2, -0.15) is 0 Å². The van der Waals surface area contributed by atoms with Crippen LogP contribution >= 0.6 is 43.5 Å². The van der Waals surface area contributed by atoms with Crippen molar-refractivity contribution in [3.05, 3.63) is 151 Å². The highest BCUT2D eigenvalue weighted by Crippen LogP contribution is 2.53. The maximum atomic E-state index is 12.5. The number of nitrogens with zero attached hydrogens (tertiary/aromatic N) is 1. The van der Waals surface area contributed by atoms with Crippen molar-refractivity contribution in [2.24, 2.45) is 0 Å². The van der Waals surface area contributed by atoms with Crippen molar-refractivity contribution in [3.8, 4) is 67.9 Å². The molecule has 0 spiro atoms. The van der Waals surface area contributed by atoms with Crippen molar-refractivity contribution < 1.29 is 53.1 Å². The zero-order valence-electron chi connectivity index (χ0n) is 55.5. The molecule has 0 atom stereocenters. The fourth-order valence-electron chi connectivity index (χ4n) is 11.6. The number of fused-ring (bicyclic) bond motifs is 9.